The maximum absolute atomic E-state index is 11.3. The molecule has 102 valence electrons. The molecular weight excluding hydrogens is 280 g/mol. The molecule has 1 aromatic heterocycles. The molecule has 1 aromatic carbocycles. The standard InChI is InChI=1S/C14H11ClN2O3/c1-19-14(18)10-5-12(20-8-10)7-17-11-2-3-13(15)9(4-11)6-16/h2-5,8,17H,7H2,1H3. The molecule has 0 aliphatic rings. The van der Waals surface area contributed by atoms with Crippen molar-refractivity contribution in [3.8, 4) is 6.07 Å². The first kappa shape index (κ1) is 14.0. The summed E-state index contributed by atoms with van der Waals surface area (Å²) in [7, 11) is 1.31. The number of halogens is 1. The Morgan fingerprint density at radius 1 is 1.50 bits per heavy atom. The molecule has 0 unspecified atom stereocenters. The first-order valence-corrected chi connectivity index (χ1v) is 6.11. The van der Waals surface area contributed by atoms with Crippen LogP contribution >= 0.6 is 11.6 Å². The summed E-state index contributed by atoms with van der Waals surface area (Å²) in [5.74, 6) is 0.136. The van der Waals surface area contributed by atoms with Gasteiger partial charge in [-0.1, -0.05) is 11.6 Å². The summed E-state index contributed by atoms with van der Waals surface area (Å²) in [6.07, 6.45) is 1.34. The number of rotatable bonds is 4. The number of furan rings is 1. The molecule has 0 bridgehead atoms. The van der Waals surface area contributed by atoms with E-state index in [2.05, 4.69) is 10.1 Å². The number of esters is 1. The van der Waals surface area contributed by atoms with Gasteiger partial charge in [0, 0.05) is 5.69 Å². The highest BCUT2D eigenvalue weighted by atomic mass is 35.5. The SMILES string of the molecule is COC(=O)c1coc(CNc2ccc(Cl)c(C#N)c2)c1. The van der Waals surface area contributed by atoms with Gasteiger partial charge in [-0.25, -0.2) is 4.79 Å². The van der Waals surface area contributed by atoms with E-state index >= 15 is 0 Å². The highest BCUT2D eigenvalue weighted by molar-refractivity contribution is 6.31. The van der Waals surface area contributed by atoms with Crippen LogP contribution in [0.5, 0.6) is 0 Å². The van der Waals surface area contributed by atoms with Crippen LogP contribution in [0.1, 0.15) is 21.7 Å². The lowest BCUT2D eigenvalue weighted by molar-refractivity contribution is 0.0600. The van der Waals surface area contributed by atoms with Crippen LogP contribution < -0.4 is 5.32 Å². The van der Waals surface area contributed by atoms with Gasteiger partial charge in [-0.2, -0.15) is 5.26 Å². The predicted molar refractivity (Wildman–Crippen MR) is 73.5 cm³/mol. The van der Waals surface area contributed by atoms with Gasteiger partial charge in [-0.05, 0) is 24.3 Å². The van der Waals surface area contributed by atoms with Crippen LogP contribution in [0.4, 0.5) is 5.69 Å². The number of carbonyl (C=O) groups excluding carboxylic acids is 1. The molecule has 0 aliphatic carbocycles. The molecule has 2 aromatic rings. The van der Waals surface area contributed by atoms with Crippen molar-refractivity contribution >= 4 is 23.3 Å². The molecule has 2 rings (SSSR count). The Balaban J connectivity index is 2.04. The first-order chi connectivity index (χ1) is 9.63. The van der Waals surface area contributed by atoms with E-state index in [1.54, 1.807) is 24.3 Å². The third kappa shape index (κ3) is 3.11. The molecule has 1 heterocycles. The second-order valence-corrected chi connectivity index (χ2v) is 4.36. The number of nitrogens with zero attached hydrogens (tertiary/aromatic N) is 1. The van der Waals surface area contributed by atoms with Crippen LogP contribution in [0.15, 0.2) is 34.9 Å². The molecule has 0 aliphatic heterocycles. The number of carbonyl (C=O) groups is 1. The smallest absolute Gasteiger partial charge is 0.341 e. The van der Waals surface area contributed by atoms with Crippen molar-refractivity contribution in [1.82, 2.24) is 0 Å². The number of benzene rings is 1. The molecule has 0 saturated carbocycles. The van der Waals surface area contributed by atoms with Crippen LogP contribution in [0.2, 0.25) is 5.02 Å². The quantitative estimate of drug-likeness (QED) is 0.875. The normalized spacial score (nSPS) is 9.85. The number of methoxy groups -OCH3 is 1. The molecule has 1 N–H and O–H groups in total. The predicted octanol–water partition coefficient (Wildman–Crippen LogP) is 3.20. The van der Waals surface area contributed by atoms with Gasteiger partial charge in [0.15, 0.2) is 0 Å². The Kier molecular flexibility index (Phi) is 4.28. The third-order valence-corrected chi connectivity index (χ3v) is 2.96. The molecule has 0 amide bonds. The number of hydrogen-bond acceptors (Lipinski definition) is 5. The number of nitriles is 1. The Bertz CT molecular complexity index is 673. The van der Waals surface area contributed by atoms with Crippen molar-refractivity contribution in [3.05, 3.63) is 52.4 Å². The molecule has 20 heavy (non-hydrogen) atoms. The van der Waals surface area contributed by atoms with Gasteiger partial charge < -0.3 is 14.5 Å². The van der Waals surface area contributed by atoms with Crippen LogP contribution in [0.3, 0.4) is 0 Å². The zero-order valence-electron chi connectivity index (χ0n) is 10.6. The number of hydrogen-bond donors (Lipinski definition) is 1. The summed E-state index contributed by atoms with van der Waals surface area (Å²) in [5.41, 5.74) is 1.49. The number of nitrogens with one attached hydrogen (secondary N) is 1. The highest BCUT2D eigenvalue weighted by Gasteiger charge is 2.10. The lowest BCUT2D eigenvalue weighted by Gasteiger charge is -2.05. The van der Waals surface area contributed by atoms with E-state index in [1.165, 1.54) is 13.4 Å². The molecule has 0 spiro atoms. The minimum absolute atomic E-state index is 0.359. The minimum Gasteiger partial charge on any atom is -0.467 e. The van der Waals surface area contributed by atoms with Gasteiger partial charge >= 0.3 is 5.97 Å². The molecule has 0 saturated heterocycles. The monoisotopic (exact) mass is 290 g/mol. The van der Waals surface area contributed by atoms with Gasteiger partial charge in [0.05, 0.1) is 29.8 Å². The van der Waals surface area contributed by atoms with E-state index in [-0.39, 0.29) is 0 Å². The van der Waals surface area contributed by atoms with Gasteiger partial charge in [-0.15, -0.1) is 0 Å². The fourth-order valence-corrected chi connectivity index (χ4v) is 1.77. The molecular formula is C14H11ClN2O3. The molecule has 0 radical (unpaired) electrons. The number of ether oxygens (including phenoxy) is 1. The summed E-state index contributed by atoms with van der Waals surface area (Å²) in [6.45, 7) is 0.378. The van der Waals surface area contributed by atoms with Crippen molar-refractivity contribution < 1.29 is 13.9 Å². The second-order valence-electron chi connectivity index (χ2n) is 3.95. The van der Waals surface area contributed by atoms with Crippen LogP contribution in [0.25, 0.3) is 0 Å². The fourth-order valence-electron chi connectivity index (χ4n) is 1.61. The Hall–Kier alpha value is -2.45. The van der Waals surface area contributed by atoms with Crippen LogP contribution in [-0.2, 0) is 11.3 Å². The fraction of sp³-hybridized carbons (Fsp3) is 0.143. The maximum atomic E-state index is 11.3. The lowest BCUT2D eigenvalue weighted by Crippen LogP contribution is -2.00. The molecule has 0 fully saturated rings. The summed E-state index contributed by atoms with van der Waals surface area (Å²) >= 11 is 5.85. The van der Waals surface area contributed by atoms with E-state index in [9.17, 15) is 4.79 Å². The van der Waals surface area contributed by atoms with Crippen molar-refractivity contribution in [2.75, 3.05) is 12.4 Å². The molecule has 0 atom stereocenters. The van der Waals surface area contributed by atoms with Crippen molar-refractivity contribution in [2.24, 2.45) is 0 Å². The third-order valence-electron chi connectivity index (χ3n) is 2.63. The molecule has 5 nitrogen and oxygen atoms in total. The van der Waals surface area contributed by atoms with Gasteiger partial charge in [-0.3, -0.25) is 0 Å². The summed E-state index contributed by atoms with van der Waals surface area (Å²) in [4.78, 5) is 11.3. The molecule has 6 heteroatoms. The van der Waals surface area contributed by atoms with Gasteiger partial charge in [0.1, 0.15) is 18.1 Å². The average molecular weight is 291 g/mol. The largest absolute Gasteiger partial charge is 0.467 e. The van der Waals surface area contributed by atoms with Gasteiger partial charge in [0.25, 0.3) is 0 Å². The summed E-state index contributed by atoms with van der Waals surface area (Å²) < 4.78 is 9.82. The van der Waals surface area contributed by atoms with Gasteiger partial charge in [0.2, 0.25) is 0 Å². The van der Waals surface area contributed by atoms with Crippen molar-refractivity contribution in [1.29, 1.82) is 5.26 Å². The van der Waals surface area contributed by atoms with Crippen LogP contribution in [0, 0.1) is 11.3 Å². The zero-order valence-corrected chi connectivity index (χ0v) is 11.4. The number of anilines is 1. The summed E-state index contributed by atoms with van der Waals surface area (Å²) in [6, 6.07) is 8.65. The Morgan fingerprint density at radius 3 is 3.00 bits per heavy atom. The topological polar surface area (TPSA) is 75.3 Å². The highest BCUT2D eigenvalue weighted by Crippen LogP contribution is 2.20. The maximum Gasteiger partial charge on any atom is 0.341 e. The van der Waals surface area contributed by atoms with E-state index in [4.69, 9.17) is 21.3 Å². The van der Waals surface area contributed by atoms with E-state index in [0.717, 1.165) is 5.69 Å². The second kappa shape index (κ2) is 6.13. The summed E-state index contributed by atoms with van der Waals surface area (Å²) in [5, 5.41) is 12.4. The van der Waals surface area contributed by atoms with E-state index < -0.39 is 5.97 Å². The van der Waals surface area contributed by atoms with Crippen molar-refractivity contribution in [3.63, 3.8) is 0 Å². The average Bonchev–Trinajstić information content (AvgIpc) is 2.94. The minimum atomic E-state index is -0.446. The Labute approximate surface area is 120 Å². The zero-order chi connectivity index (χ0) is 14.5. The lowest BCUT2D eigenvalue weighted by atomic mass is 10.2. The van der Waals surface area contributed by atoms with E-state index in [1.807, 2.05) is 6.07 Å². The van der Waals surface area contributed by atoms with E-state index in [0.29, 0.717) is 28.5 Å². The Morgan fingerprint density at radius 2 is 2.30 bits per heavy atom. The van der Waals surface area contributed by atoms with Crippen molar-refractivity contribution in [2.45, 2.75) is 6.54 Å². The van der Waals surface area contributed by atoms with Crippen LogP contribution in [-0.4, -0.2) is 13.1 Å². The first-order valence-electron chi connectivity index (χ1n) is 5.73.